The molecule has 0 spiro atoms. The van der Waals surface area contributed by atoms with Crippen molar-refractivity contribution in [3.05, 3.63) is 65.0 Å². The second-order valence-corrected chi connectivity index (χ2v) is 5.12. The van der Waals surface area contributed by atoms with E-state index in [1.165, 1.54) is 6.08 Å². The fraction of sp³-hybridized carbons (Fsp3) is 0.222. The minimum atomic E-state index is -0.525. The Kier molecular flexibility index (Phi) is 4.94. The van der Waals surface area contributed by atoms with Gasteiger partial charge < -0.3 is 9.30 Å². The Bertz CT molecular complexity index is 711. The van der Waals surface area contributed by atoms with E-state index in [2.05, 4.69) is 0 Å². The number of carbonyl (C=O) groups excluding carboxylic acids is 2. The molecule has 1 aromatic heterocycles. The van der Waals surface area contributed by atoms with E-state index in [0.29, 0.717) is 5.56 Å². The maximum atomic E-state index is 12.1. The summed E-state index contributed by atoms with van der Waals surface area (Å²) >= 11 is 0. The minimum absolute atomic E-state index is 0.192. The maximum Gasteiger partial charge on any atom is 0.331 e. The van der Waals surface area contributed by atoms with Crippen LogP contribution in [0.1, 0.15) is 27.3 Å². The molecule has 2 aromatic rings. The van der Waals surface area contributed by atoms with Gasteiger partial charge in [0.2, 0.25) is 5.78 Å². The molecule has 1 aromatic carbocycles. The average Bonchev–Trinajstić information content (AvgIpc) is 2.79. The number of nitrogens with zero attached hydrogens (tertiary/aromatic N) is 1. The summed E-state index contributed by atoms with van der Waals surface area (Å²) in [5.74, 6) is -0.717. The molecule has 0 aliphatic heterocycles. The van der Waals surface area contributed by atoms with Gasteiger partial charge in [-0.05, 0) is 31.6 Å². The molecule has 0 fully saturated rings. The molecule has 0 amide bonds. The van der Waals surface area contributed by atoms with Gasteiger partial charge in [0.25, 0.3) is 0 Å². The number of benzene rings is 1. The molecule has 2 rings (SSSR count). The molecule has 114 valence electrons. The molecule has 0 radical (unpaired) electrons. The van der Waals surface area contributed by atoms with E-state index in [4.69, 9.17) is 4.74 Å². The van der Waals surface area contributed by atoms with E-state index in [1.54, 1.807) is 6.08 Å². The van der Waals surface area contributed by atoms with Crippen molar-refractivity contribution in [2.75, 3.05) is 6.61 Å². The average molecular weight is 297 g/mol. The van der Waals surface area contributed by atoms with Crippen LogP contribution in [-0.2, 0) is 16.6 Å². The number of ether oxygens (including phenoxy) is 1. The smallest absolute Gasteiger partial charge is 0.331 e. The summed E-state index contributed by atoms with van der Waals surface area (Å²) in [4.78, 5) is 23.7. The summed E-state index contributed by atoms with van der Waals surface area (Å²) in [5.41, 5.74) is 3.37. The van der Waals surface area contributed by atoms with Gasteiger partial charge in [0.1, 0.15) is 0 Å². The fourth-order valence-electron chi connectivity index (χ4n) is 2.13. The number of esters is 1. The van der Waals surface area contributed by atoms with Gasteiger partial charge in [-0.2, -0.15) is 0 Å². The Morgan fingerprint density at radius 1 is 1.18 bits per heavy atom. The number of aryl methyl sites for hydroxylation is 1. The normalized spacial score (nSPS) is 10.9. The van der Waals surface area contributed by atoms with Gasteiger partial charge in [0.05, 0.1) is 0 Å². The van der Waals surface area contributed by atoms with Gasteiger partial charge in [-0.1, -0.05) is 30.3 Å². The molecule has 22 heavy (non-hydrogen) atoms. The lowest BCUT2D eigenvalue weighted by Crippen LogP contribution is -2.13. The minimum Gasteiger partial charge on any atom is -0.454 e. The largest absolute Gasteiger partial charge is 0.454 e. The second-order valence-electron chi connectivity index (χ2n) is 5.12. The summed E-state index contributed by atoms with van der Waals surface area (Å²) < 4.78 is 6.93. The van der Waals surface area contributed by atoms with Gasteiger partial charge in [-0.15, -0.1) is 0 Å². The summed E-state index contributed by atoms with van der Waals surface area (Å²) in [5, 5.41) is 0. The van der Waals surface area contributed by atoms with Crippen molar-refractivity contribution in [3.8, 4) is 0 Å². The molecule has 0 saturated heterocycles. The standard InChI is InChI=1S/C18H19NO3/c1-13-11-16(14(2)19(13)3)17(20)12-22-18(21)10-9-15-7-5-4-6-8-15/h4-11H,12H2,1-3H3/b10-9+. The monoisotopic (exact) mass is 297 g/mol. The Morgan fingerprint density at radius 3 is 2.45 bits per heavy atom. The van der Waals surface area contributed by atoms with Gasteiger partial charge >= 0.3 is 5.97 Å². The number of aromatic nitrogens is 1. The Labute approximate surface area is 130 Å². The highest BCUT2D eigenvalue weighted by Crippen LogP contribution is 2.14. The van der Waals surface area contributed by atoms with E-state index in [1.807, 2.05) is 61.9 Å². The van der Waals surface area contributed by atoms with Gasteiger partial charge in [-0.25, -0.2) is 4.79 Å². The highest BCUT2D eigenvalue weighted by molar-refractivity contribution is 6.00. The molecular weight excluding hydrogens is 278 g/mol. The van der Waals surface area contributed by atoms with Crippen LogP contribution in [0.3, 0.4) is 0 Å². The van der Waals surface area contributed by atoms with Crippen LogP contribution in [0.5, 0.6) is 0 Å². The third-order valence-electron chi connectivity index (χ3n) is 3.63. The lowest BCUT2D eigenvalue weighted by atomic mass is 10.1. The Morgan fingerprint density at radius 2 is 1.86 bits per heavy atom. The summed E-state index contributed by atoms with van der Waals surface area (Å²) in [7, 11) is 1.90. The summed E-state index contributed by atoms with van der Waals surface area (Å²) in [6.45, 7) is 3.55. The molecule has 0 saturated carbocycles. The number of hydrogen-bond donors (Lipinski definition) is 0. The zero-order valence-electron chi connectivity index (χ0n) is 13.0. The van der Waals surface area contributed by atoms with E-state index >= 15 is 0 Å². The number of Topliss-reactive ketones (excluding diaryl/α,β-unsaturated/α-hetero) is 1. The number of carbonyl (C=O) groups is 2. The van der Waals surface area contributed by atoms with Crippen LogP contribution < -0.4 is 0 Å². The van der Waals surface area contributed by atoms with E-state index < -0.39 is 5.97 Å². The molecule has 0 bridgehead atoms. The quantitative estimate of drug-likeness (QED) is 0.484. The first kappa shape index (κ1) is 15.8. The fourth-order valence-corrected chi connectivity index (χ4v) is 2.13. The van der Waals surface area contributed by atoms with Crippen LogP contribution in [-0.4, -0.2) is 22.9 Å². The topological polar surface area (TPSA) is 48.3 Å². The SMILES string of the molecule is Cc1cc(C(=O)COC(=O)/C=C/c2ccccc2)c(C)n1C. The van der Waals surface area contributed by atoms with Crippen molar-refractivity contribution >= 4 is 17.8 Å². The second kappa shape index (κ2) is 6.89. The predicted octanol–water partition coefficient (Wildman–Crippen LogP) is 3.08. The Balaban J connectivity index is 1.92. The third kappa shape index (κ3) is 3.73. The molecule has 0 aliphatic rings. The van der Waals surface area contributed by atoms with Crippen LogP contribution in [0.15, 0.2) is 42.5 Å². The van der Waals surface area contributed by atoms with Crippen molar-refractivity contribution in [2.24, 2.45) is 7.05 Å². The van der Waals surface area contributed by atoms with E-state index in [-0.39, 0.29) is 12.4 Å². The van der Waals surface area contributed by atoms with Gasteiger partial charge in [0.15, 0.2) is 6.61 Å². The first-order chi connectivity index (χ1) is 10.5. The van der Waals surface area contributed by atoms with Crippen LogP contribution in [0.4, 0.5) is 0 Å². The van der Waals surface area contributed by atoms with Crippen LogP contribution in [0, 0.1) is 13.8 Å². The molecule has 0 N–H and O–H groups in total. The number of rotatable bonds is 5. The molecule has 4 heteroatoms. The van der Waals surface area contributed by atoms with Crippen molar-refractivity contribution in [3.63, 3.8) is 0 Å². The van der Waals surface area contributed by atoms with Crippen molar-refractivity contribution in [1.82, 2.24) is 4.57 Å². The lowest BCUT2D eigenvalue weighted by molar-refractivity contribution is -0.136. The van der Waals surface area contributed by atoms with E-state index in [9.17, 15) is 9.59 Å². The third-order valence-corrected chi connectivity index (χ3v) is 3.63. The van der Waals surface area contributed by atoms with Gasteiger partial charge in [0, 0.05) is 30.1 Å². The predicted molar refractivity (Wildman–Crippen MR) is 85.7 cm³/mol. The summed E-state index contributed by atoms with van der Waals surface area (Å²) in [6, 6.07) is 11.2. The molecule has 0 aliphatic carbocycles. The molecule has 4 nitrogen and oxygen atoms in total. The van der Waals surface area contributed by atoms with Crippen molar-refractivity contribution in [2.45, 2.75) is 13.8 Å². The van der Waals surface area contributed by atoms with Gasteiger partial charge in [-0.3, -0.25) is 4.79 Å². The van der Waals surface area contributed by atoms with E-state index in [0.717, 1.165) is 17.0 Å². The summed E-state index contributed by atoms with van der Waals surface area (Å²) in [6.07, 6.45) is 2.98. The van der Waals surface area contributed by atoms with Crippen LogP contribution >= 0.6 is 0 Å². The number of ketones is 1. The Hall–Kier alpha value is -2.62. The highest BCUT2D eigenvalue weighted by Gasteiger charge is 2.15. The first-order valence-corrected chi connectivity index (χ1v) is 7.05. The van der Waals surface area contributed by atoms with Crippen molar-refractivity contribution < 1.29 is 14.3 Å². The molecular formula is C18H19NO3. The first-order valence-electron chi connectivity index (χ1n) is 7.05. The van der Waals surface area contributed by atoms with Crippen LogP contribution in [0.2, 0.25) is 0 Å². The zero-order valence-corrected chi connectivity index (χ0v) is 13.0. The number of hydrogen-bond acceptors (Lipinski definition) is 3. The molecule has 1 heterocycles. The molecule has 0 unspecified atom stereocenters. The van der Waals surface area contributed by atoms with Crippen LogP contribution in [0.25, 0.3) is 6.08 Å². The van der Waals surface area contributed by atoms with Crippen molar-refractivity contribution in [1.29, 1.82) is 0 Å². The highest BCUT2D eigenvalue weighted by atomic mass is 16.5. The lowest BCUT2D eigenvalue weighted by Gasteiger charge is -2.03. The maximum absolute atomic E-state index is 12.1. The molecule has 0 atom stereocenters. The zero-order chi connectivity index (χ0) is 16.1.